The number of anilines is 6. The SMILES string of the molecule is CC(C)(C)c1cc(-c2ccccc2)c(N2c3cc(-n4c5ccc(C(C)(C)C)cc5c5cc(C(C)(C)C)ccc54)ccc3B3c4cc(-c5cccc(-c6ccccc6)c5)ccc4N(c4c(-c5cccc6oc7ccccc7c56)cc(C(C)(C)C)cc4-c4cccc5oc6ccccc6c45)c4cc(-n5c6ccccc6c6ccccc65)cc2c43)c(-c2ccccc2)c1. The summed E-state index contributed by atoms with van der Waals surface area (Å²) < 4.78 is 19.3. The third kappa shape index (κ3) is 12.1. The zero-order valence-electron chi connectivity index (χ0n) is 72.7. The second kappa shape index (κ2) is 28.1. The van der Waals surface area contributed by atoms with Gasteiger partial charge in [-0.3, -0.25) is 0 Å². The average molecular weight is 1610 g/mol. The first-order chi connectivity index (χ1) is 60.5. The van der Waals surface area contributed by atoms with Crippen molar-refractivity contribution >= 4 is 145 Å². The van der Waals surface area contributed by atoms with E-state index in [0.717, 1.165) is 173 Å². The highest BCUT2D eigenvalue weighted by Gasteiger charge is 2.47. The lowest BCUT2D eigenvalue weighted by Crippen LogP contribution is -2.61. The molecule has 21 aromatic rings. The number of nitrogens with zero attached hydrogens (tertiary/aromatic N) is 4. The lowest BCUT2D eigenvalue weighted by molar-refractivity contribution is 0.590. The van der Waals surface area contributed by atoms with Gasteiger partial charge in [-0.05, 0) is 226 Å². The van der Waals surface area contributed by atoms with E-state index < -0.39 is 6.71 Å². The molecule has 2 aliphatic heterocycles. The minimum absolute atomic E-state index is 0.0999. The Kier molecular flexibility index (Phi) is 17.0. The van der Waals surface area contributed by atoms with E-state index in [9.17, 15) is 0 Å². The summed E-state index contributed by atoms with van der Waals surface area (Å²) in [4.78, 5) is 5.49. The molecule has 0 radical (unpaired) electrons. The Hall–Kier alpha value is -14.4. The van der Waals surface area contributed by atoms with Crippen molar-refractivity contribution in [2.24, 2.45) is 0 Å². The molecule has 0 saturated carbocycles. The molecular weight excluding hydrogens is 1520 g/mol. The summed E-state index contributed by atoms with van der Waals surface area (Å²) in [6.07, 6.45) is 0. The molecule has 6 heterocycles. The van der Waals surface area contributed by atoms with Crippen LogP contribution in [0.3, 0.4) is 0 Å². The van der Waals surface area contributed by atoms with E-state index in [1.165, 1.54) is 65.8 Å². The fourth-order valence-electron chi connectivity index (χ4n) is 20.5. The van der Waals surface area contributed by atoms with Crippen LogP contribution in [0.15, 0.2) is 367 Å². The number of aromatic nitrogens is 2. The van der Waals surface area contributed by atoms with Gasteiger partial charge in [0.15, 0.2) is 0 Å². The van der Waals surface area contributed by atoms with Crippen molar-refractivity contribution in [3.05, 3.63) is 380 Å². The first kappa shape index (κ1) is 75.6. The van der Waals surface area contributed by atoms with Crippen LogP contribution in [-0.2, 0) is 21.7 Å². The van der Waals surface area contributed by atoms with Crippen molar-refractivity contribution in [3.8, 4) is 78.1 Å². The second-order valence-electron chi connectivity index (χ2n) is 38.8. The molecule has 17 aromatic carbocycles. The van der Waals surface area contributed by atoms with Crippen molar-refractivity contribution in [3.63, 3.8) is 0 Å². The van der Waals surface area contributed by atoms with Crippen LogP contribution >= 0.6 is 0 Å². The molecule has 0 bridgehead atoms. The molecule has 125 heavy (non-hydrogen) atoms. The van der Waals surface area contributed by atoms with Gasteiger partial charge in [-0.15, -0.1) is 0 Å². The zero-order chi connectivity index (χ0) is 84.8. The van der Waals surface area contributed by atoms with Crippen LogP contribution in [0.2, 0.25) is 0 Å². The summed E-state index contributed by atoms with van der Waals surface area (Å²) in [6.45, 7) is 27.8. The molecule has 0 N–H and O–H groups in total. The minimum Gasteiger partial charge on any atom is -0.456 e. The Morgan fingerprint density at radius 1 is 0.224 bits per heavy atom. The summed E-state index contributed by atoms with van der Waals surface area (Å²) >= 11 is 0. The number of para-hydroxylation sites is 4. The number of benzene rings is 17. The number of fused-ring (bicyclic) bond motifs is 16. The molecule has 0 amide bonds. The van der Waals surface area contributed by atoms with Crippen LogP contribution in [0.1, 0.15) is 105 Å². The predicted molar refractivity (Wildman–Crippen MR) is 531 cm³/mol. The minimum atomic E-state index is -0.393. The van der Waals surface area contributed by atoms with E-state index >= 15 is 0 Å². The number of hydrogen-bond acceptors (Lipinski definition) is 4. The van der Waals surface area contributed by atoms with Gasteiger partial charge in [0.2, 0.25) is 0 Å². The fraction of sp³-hybridized carbons (Fsp3) is 0.136. The topological polar surface area (TPSA) is 42.6 Å². The highest BCUT2D eigenvalue weighted by Crippen LogP contribution is 2.58. The van der Waals surface area contributed by atoms with Crippen LogP contribution in [0.4, 0.5) is 34.1 Å². The highest BCUT2D eigenvalue weighted by atomic mass is 16.3. The largest absolute Gasteiger partial charge is 0.456 e. The normalized spacial score (nSPS) is 13.1. The van der Waals surface area contributed by atoms with Gasteiger partial charge < -0.3 is 27.8 Å². The lowest BCUT2D eigenvalue weighted by Gasteiger charge is -2.46. The van der Waals surface area contributed by atoms with Gasteiger partial charge in [-0.1, -0.05) is 320 Å². The summed E-state index contributed by atoms with van der Waals surface area (Å²) in [5.41, 5.74) is 37.4. The molecule has 0 unspecified atom stereocenters. The number of furan rings is 2. The average Bonchev–Trinajstić information content (AvgIpc) is 0.941. The molecule has 2 aliphatic rings. The van der Waals surface area contributed by atoms with Gasteiger partial charge in [0, 0.05) is 93.8 Å². The van der Waals surface area contributed by atoms with E-state index in [1.54, 1.807) is 0 Å². The zero-order valence-corrected chi connectivity index (χ0v) is 72.7. The van der Waals surface area contributed by atoms with E-state index in [0.29, 0.717) is 0 Å². The monoisotopic (exact) mass is 1610 g/mol. The van der Waals surface area contributed by atoms with Crippen molar-refractivity contribution in [2.75, 3.05) is 9.80 Å². The van der Waals surface area contributed by atoms with Crippen LogP contribution in [0, 0.1) is 0 Å². The number of hydrogen-bond donors (Lipinski definition) is 0. The van der Waals surface area contributed by atoms with Crippen LogP contribution < -0.4 is 26.2 Å². The van der Waals surface area contributed by atoms with Gasteiger partial charge in [0.1, 0.15) is 22.3 Å². The molecule has 7 heteroatoms. The molecule has 6 nitrogen and oxygen atoms in total. The highest BCUT2D eigenvalue weighted by molar-refractivity contribution is 7.00. The summed E-state index contributed by atoms with van der Waals surface area (Å²) in [5, 5.41) is 9.06. The van der Waals surface area contributed by atoms with Crippen LogP contribution in [0.25, 0.3) is 166 Å². The predicted octanol–water partition coefficient (Wildman–Crippen LogP) is 31.0. The van der Waals surface area contributed by atoms with E-state index in [2.05, 4.69) is 460 Å². The quantitative estimate of drug-likeness (QED) is 0.128. The molecule has 0 atom stereocenters. The standard InChI is InChI=1S/C118H95BN4O2/c1-115(2,3)78-54-59-100-92(63-78)93-64-79(116(4,5)6)55-60-101(93)120(100)82-56-57-96-103(69-82)123(113-90(73-35-18-14-19-36-73)65-80(117(7,8)9)66-91(113)74-37-20-15-21-38-74)105-71-83(121-98-47-26-22-41-84(98)85-42-23-27-48-99(85)121)70-104-112(105)119(96)97-62-77(76-40-30-39-75(61-76)72-33-16-13-17-34-72)53-58-102(97)122(104)114-94(86-45-31-51-108-110(86)88-43-24-28-49-106(88)124-108)67-81(118(10,11)12)68-95(114)87-46-32-52-109-111(87)89-44-25-29-50-107(89)125-109/h13-71H,1-12H3. The Labute approximate surface area is 730 Å². The summed E-state index contributed by atoms with van der Waals surface area (Å²) in [6, 6.07) is 136. The molecule has 0 saturated heterocycles. The van der Waals surface area contributed by atoms with Gasteiger partial charge in [0.05, 0.1) is 39.1 Å². The Balaban J connectivity index is 0.938. The van der Waals surface area contributed by atoms with E-state index in [-0.39, 0.29) is 21.7 Å². The molecule has 0 fully saturated rings. The van der Waals surface area contributed by atoms with Crippen molar-refractivity contribution < 1.29 is 8.83 Å². The first-order valence-electron chi connectivity index (χ1n) is 44.1. The Morgan fingerprint density at radius 2 is 0.608 bits per heavy atom. The lowest BCUT2D eigenvalue weighted by atomic mass is 9.33. The van der Waals surface area contributed by atoms with Crippen LogP contribution in [0.5, 0.6) is 0 Å². The Bertz CT molecular complexity index is 7700. The number of rotatable bonds is 10. The van der Waals surface area contributed by atoms with Crippen molar-refractivity contribution in [1.82, 2.24) is 9.13 Å². The Morgan fingerprint density at radius 3 is 1.11 bits per heavy atom. The molecule has 23 rings (SSSR count). The third-order valence-electron chi connectivity index (χ3n) is 26.9. The molecule has 4 aromatic heterocycles. The molecule has 0 spiro atoms. The maximum absolute atomic E-state index is 7.06. The van der Waals surface area contributed by atoms with Gasteiger partial charge in [-0.2, -0.15) is 0 Å². The summed E-state index contributed by atoms with van der Waals surface area (Å²) in [7, 11) is 0. The summed E-state index contributed by atoms with van der Waals surface area (Å²) in [5.74, 6) is 0. The van der Waals surface area contributed by atoms with E-state index in [4.69, 9.17) is 8.83 Å². The van der Waals surface area contributed by atoms with E-state index in [1.807, 2.05) is 0 Å². The van der Waals surface area contributed by atoms with Gasteiger partial charge >= 0.3 is 0 Å². The first-order valence-corrected chi connectivity index (χ1v) is 44.1. The smallest absolute Gasteiger partial charge is 0.252 e. The molecule has 0 aliphatic carbocycles. The third-order valence-corrected chi connectivity index (χ3v) is 26.9. The fourth-order valence-corrected chi connectivity index (χ4v) is 20.5. The molecular formula is C118H95BN4O2. The van der Waals surface area contributed by atoms with Crippen molar-refractivity contribution in [1.29, 1.82) is 0 Å². The van der Waals surface area contributed by atoms with Crippen molar-refractivity contribution in [2.45, 2.75) is 105 Å². The van der Waals surface area contributed by atoms with Gasteiger partial charge in [-0.25, -0.2) is 0 Å². The molecule has 602 valence electrons. The second-order valence-corrected chi connectivity index (χ2v) is 38.8. The maximum Gasteiger partial charge on any atom is 0.252 e. The van der Waals surface area contributed by atoms with Crippen LogP contribution in [-0.4, -0.2) is 15.8 Å². The maximum atomic E-state index is 7.06. The van der Waals surface area contributed by atoms with Gasteiger partial charge in [0.25, 0.3) is 6.71 Å².